The van der Waals surface area contributed by atoms with Gasteiger partial charge >= 0.3 is 0 Å². The lowest BCUT2D eigenvalue weighted by Gasteiger charge is -2.15. The standard InChI is InChI=1S/C12H21NO/c1-4-7-8-10(5-2)12(14)11(6-3)9-13/h10-11H,4-8H2,1-3H3. The van der Waals surface area contributed by atoms with Crippen molar-refractivity contribution in [3.05, 3.63) is 0 Å². The number of unbranched alkanes of at least 4 members (excludes halogenated alkanes) is 1. The minimum Gasteiger partial charge on any atom is -0.298 e. The van der Waals surface area contributed by atoms with E-state index in [1.54, 1.807) is 0 Å². The van der Waals surface area contributed by atoms with E-state index >= 15 is 0 Å². The third kappa shape index (κ3) is 3.91. The second-order valence-electron chi connectivity index (χ2n) is 3.74. The van der Waals surface area contributed by atoms with Gasteiger partial charge in [0.15, 0.2) is 5.78 Å². The molecule has 0 bridgehead atoms. The quantitative estimate of drug-likeness (QED) is 0.625. The van der Waals surface area contributed by atoms with Crippen molar-refractivity contribution in [2.75, 3.05) is 0 Å². The highest BCUT2D eigenvalue weighted by Crippen LogP contribution is 2.19. The van der Waals surface area contributed by atoms with Gasteiger partial charge in [0.1, 0.15) is 5.92 Å². The minimum absolute atomic E-state index is 0.111. The van der Waals surface area contributed by atoms with Crippen LogP contribution in [0.15, 0.2) is 0 Å². The molecule has 0 rings (SSSR count). The predicted octanol–water partition coefficient (Wildman–Crippen LogP) is 3.32. The Bertz CT molecular complexity index is 205. The van der Waals surface area contributed by atoms with E-state index in [1.807, 2.05) is 13.8 Å². The Balaban J connectivity index is 4.23. The van der Waals surface area contributed by atoms with Crippen LogP contribution in [0.25, 0.3) is 0 Å². The number of Topliss-reactive ketones (excluding diaryl/α,β-unsaturated/α-hetero) is 1. The molecule has 0 saturated heterocycles. The van der Waals surface area contributed by atoms with Crippen molar-refractivity contribution in [1.29, 1.82) is 5.26 Å². The largest absolute Gasteiger partial charge is 0.298 e. The van der Waals surface area contributed by atoms with Gasteiger partial charge in [0, 0.05) is 5.92 Å². The molecule has 80 valence electrons. The van der Waals surface area contributed by atoms with Crippen molar-refractivity contribution in [3.63, 3.8) is 0 Å². The summed E-state index contributed by atoms with van der Waals surface area (Å²) in [5.41, 5.74) is 0. The van der Waals surface area contributed by atoms with Gasteiger partial charge in [0.05, 0.1) is 6.07 Å². The average molecular weight is 195 g/mol. The van der Waals surface area contributed by atoms with Gasteiger partial charge in [-0.3, -0.25) is 4.79 Å². The second-order valence-corrected chi connectivity index (χ2v) is 3.74. The summed E-state index contributed by atoms with van der Waals surface area (Å²) in [4.78, 5) is 11.8. The van der Waals surface area contributed by atoms with Gasteiger partial charge in [-0.15, -0.1) is 0 Å². The van der Waals surface area contributed by atoms with E-state index in [1.165, 1.54) is 0 Å². The van der Waals surface area contributed by atoms with Crippen LogP contribution >= 0.6 is 0 Å². The molecule has 0 radical (unpaired) electrons. The maximum absolute atomic E-state index is 11.8. The summed E-state index contributed by atoms with van der Waals surface area (Å²) < 4.78 is 0. The first-order valence-corrected chi connectivity index (χ1v) is 5.64. The van der Waals surface area contributed by atoms with Crippen LogP contribution in [0.1, 0.15) is 52.9 Å². The minimum atomic E-state index is -0.378. The summed E-state index contributed by atoms with van der Waals surface area (Å²) in [6.45, 7) is 6.06. The van der Waals surface area contributed by atoms with Gasteiger partial charge in [-0.25, -0.2) is 0 Å². The molecular weight excluding hydrogens is 174 g/mol. The van der Waals surface area contributed by atoms with E-state index in [2.05, 4.69) is 13.0 Å². The Morgan fingerprint density at radius 1 is 1.29 bits per heavy atom. The van der Waals surface area contributed by atoms with Crippen LogP contribution < -0.4 is 0 Å². The van der Waals surface area contributed by atoms with Crippen molar-refractivity contribution < 1.29 is 4.79 Å². The molecule has 0 aliphatic carbocycles. The fourth-order valence-electron chi connectivity index (χ4n) is 1.64. The fraction of sp³-hybridized carbons (Fsp3) is 0.833. The summed E-state index contributed by atoms with van der Waals surface area (Å²) in [5.74, 6) is -0.109. The van der Waals surface area contributed by atoms with Gasteiger partial charge in [0.2, 0.25) is 0 Å². The number of hydrogen-bond donors (Lipinski definition) is 0. The van der Waals surface area contributed by atoms with Crippen LogP contribution in [0.4, 0.5) is 0 Å². The molecule has 0 saturated carbocycles. The van der Waals surface area contributed by atoms with Crippen molar-refractivity contribution in [1.82, 2.24) is 0 Å². The van der Waals surface area contributed by atoms with E-state index in [0.717, 1.165) is 25.7 Å². The molecule has 2 nitrogen and oxygen atoms in total. The van der Waals surface area contributed by atoms with Crippen molar-refractivity contribution >= 4 is 5.78 Å². The third-order valence-electron chi connectivity index (χ3n) is 2.71. The first-order valence-electron chi connectivity index (χ1n) is 5.64. The van der Waals surface area contributed by atoms with Crippen molar-refractivity contribution in [3.8, 4) is 6.07 Å². The SMILES string of the molecule is CCCCC(CC)C(=O)C(C#N)CC. The van der Waals surface area contributed by atoms with Crippen LogP contribution in [0.5, 0.6) is 0 Å². The van der Waals surface area contributed by atoms with Gasteiger partial charge in [-0.1, -0.05) is 33.6 Å². The molecule has 0 heterocycles. The highest BCUT2D eigenvalue weighted by atomic mass is 16.1. The maximum atomic E-state index is 11.8. The second kappa shape index (κ2) is 7.55. The molecule has 0 aromatic carbocycles. The molecule has 0 amide bonds. The molecule has 2 unspecified atom stereocenters. The lowest BCUT2D eigenvalue weighted by Crippen LogP contribution is -2.21. The third-order valence-corrected chi connectivity index (χ3v) is 2.71. The highest BCUT2D eigenvalue weighted by molar-refractivity contribution is 5.85. The number of ketones is 1. The van der Waals surface area contributed by atoms with Crippen LogP contribution in [0.2, 0.25) is 0 Å². The summed E-state index contributed by atoms with van der Waals surface area (Å²) >= 11 is 0. The topological polar surface area (TPSA) is 40.9 Å². The number of carbonyl (C=O) groups is 1. The Morgan fingerprint density at radius 3 is 2.29 bits per heavy atom. The van der Waals surface area contributed by atoms with Crippen molar-refractivity contribution in [2.45, 2.75) is 52.9 Å². The Kier molecular flexibility index (Phi) is 7.10. The van der Waals surface area contributed by atoms with Crippen molar-refractivity contribution in [2.24, 2.45) is 11.8 Å². The lowest BCUT2D eigenvalue weighted by atomic mass is 9.87. The van der Waals surface area contributed by atoms with Gasteiger partial charge in [0.25, 0.3) is 0 Å². The smallest absolute Gasteiger partial charge is 0.153 e. The molecule has 0 aromatic heterocycles. The Labute approximate surface area is 87.3 Å². The summed E-state index contributed by atoms with van der Waals surface area (Å²) in [7, 11) is 0. The molecule has 0 aliphatic heterocycles. The monoisotopic (exact) mass is 195 g/mol. The molecule has 0 aromatic rings. The van der Waals surface area contributed by atoms with E-state index in [4.69, 9.17) is 5.26 Å². The average Bonchev–Trinajstić information content (AvgIpc) is 2.21. The number of hydrogen-bond acceptors (Lipinski definition) is 2. The first kappa shape index (κ1) is 13.2. The molecule has 0 spiro atoms. The number of rotatable bonds is 7. The van der Waals surface area contributed by atoms with Gasteiger partial charge in [-0.05, 0) is 19.3 Å². The van der Waals surface area contributed by atoms with Crippen LogP contribution in [0.3, 0.4) is 0 Å². The molecule has 2 atom stereocenters. The molecular formula is C12H21NO. The lowest BCUT2D eigenvalue weighted by molar-refractivity contribution is -0.125. The molecule has 14 heavy (non-hydrogen) atoms. The number of carbonyl (C=O) groups excluding carboxylic acids is 1. The van der Waals surface area contributed by atoms with E-state index in [0.29, 0.717) is 6.42 Å². The predicted molar refractivity (Wildman–Crippen MR) is 57.7 cm³/mol. The highest BCUT2D eigenvalue weighted by Gasteiger charge is 2.23. The van der Waals surface area contributed by atoms with E-state index in [9.17, 15) is 4.79 Å². The molecule has 0 fully saturated rings. The zero-order valence-electron chi connectivity index (χ0n) is 9.55. The summed E-state index contributed by atoms with van der Waals surface area (Å²) in [6.07, 6.45) is 4.68. The molecule has 0 N–H and O–H groups in total. The Hall–Kier alpha value is -0.840. The van der Waals surface area contributed by atoms with Gasteiger partial charge < -0.3 is 0 Å². The van der Waals surface area contributed by atoms with Crippen LogP contribution in [-0.4, -0.2) is 5.78 Å². The first-order chi connectivity index (χ1) is 6.71. The van der Waals surface area contributed by atoms with Crippen LogP contribution in [-0.2, 0) is 4.79 Å². The maximum Gasteiger partial charge on any atom is 0.153 e. The number of nitrogens with zero attached hydrogens (tertiary/aromatic N) is 1. The van der Waals surface area contributed by atoms with Gasteiger partial charge in [-0.2, -0.15) is 5.26 Å². The molecule has 0 aliphatic rings. The van der Waals surface area contributed by atoms with Crippen LogP contribution in [0, 0.1) is 23.2 Å². The summed E-state index contributed by atoms with van der Waals surface area (Å²) in [6, 6.07) is 2.09. The number of nitriles is 1. The zero-order valence-corrected chi connectivity index (χ0v) is 9.55. The normalized spacial score (nSPS) is 14.4. The van der Waals surface area contributed by atoms with E-state index < -0.39 is 0 Å². The zero-order chi connectivity index (χ0) is 11.0. The van der Waals surface area contributed by atoms with E-state index in [-0.39, 0.29) is 17.6 Å². The summed E-state index contributed by atoms with van der Waals surface area (Å²) in [5, 5.41) is 8.80. The fourth-order valence-corrected chi connectivity index (χ4v) is 1.64. The molecule has 2 heteroatoms. The Morgan fingerprint density at radius 2 is 1.93 bits per heavy atom.